The Labute approximate surface area is 83.3 Å². The van der Waals surface area contributed by atoms with E-state index < -0.39 is 0 Å². The molecule has 6 nitrogen and oxygen atoms in total. The maximum atomic E-state index is 4.15. The van der Waals surface area contributed by atoms with E-state index in [2.05, 4.69) is 25.6 Å². The van der Waals surface area contributed by atoms with Crippen molar-refractivity contribution < 1.29 is 0 Å². The first kappa shape index (κ1) is 9.54. The third kappa shape index (κ3) is 2.49. The highest BCUT2D eigenvalue weighted by Gasteiger charge is 2.09. The van der Waals surface area contributed by atoms with Crippen LogP contribution in [0.15, 0.2) is 0 Å². The fourth-order valence-corrected chi connectivity index (χ4v) is 1.58. The van der Waals surface area contributed by atoms with Crippen LogP contribution in [0.5, 0.6) is 0 Å². The Kier molecular flexibility index (Phi) is 3.05. The first-order chi connectivity index (χ1) is 6.84. The summed E-state index contributed by atoms with van der Waals surface area (Å²) in [6.45, 7) is 8.11. The minimum absolute atomic E-state index is 0.741. The molecule has 0 aliphatic carbocycles. The molecule has 0 saturated carbocycles. The number of rotatable bonds is 3. The zero-order valence-electron chi connectivity index (χ0n) is 8.48. The van der Waals surface area contributed by atoms with E-state index in [0.29, 0.717) is 0 Å². The van der Waals surface area contributed by atoms with Crippen molar-refractivity contribution in [1.29, 1.82) is 0 Å². The summed E-state index contributed by atoms with van der Waals surface area (Å²) < 4.78 is 0. The first-order valence-electron chi connectivity index (χ1n) is 5.02. The maximum Gasteiger partial charge on any atom is 0.171 e. The van der Waals surface area contributed by atoms with E-state index in [9.17, 15) is 0 Å². The lowest BCUT2D eigenvalue weighted by molar-refractivity contribution is 0.224. The normalized spacial score (nSPS) is 18.6. The van der Waals surface area contributed by atoms with Gasteiger partial charge in [0.25, 0.3) is 0 Å². The van der Waals surface area contributed by atoms with Crippen molar-refractivity contribution in [3.8, 4) is 0 Å². The van der Waals surface area contributed by atoms with Gasteiger partial charge in [0.1, 0.15) is 0 Å². The summed E-state index contributed by atoms with van der Waals surface area (Å²) >= 11 is 0. The average Bonchev–Trinajstić information content (AvgIpc) is 2.63. The molecule has 14 heavy (non-hydrogen) atoms. The number of nitrogens with zero attached hydrogens (tertiary/aromatic N) is 5. The minimum atomic E-state index is 0.741. The molecular formula is C8H16N6. The lowest BCUT2D eigenvalue weighted by Gasteiger charge is -2.26. The van der Waals surface area contributed by atoms with Crippen LogP contribution < -0.4 is 5.32 Å². The number of aryl methyl sites for hydroxylation is 1. The van der Waals surface area contributed by atoms with Gasteiger partial charge >= 0.3 is 0 Å². The molecule has 2 heterocycles. The third-order valence-corrected chi connectivity index (χ3v) is 2.38. The summed E-state index contributed by atoms with van der Waals surface area (Å²) in [4.78, 5) is 4.08. The van der Waals surface area contributed by atoms with Gasteiger partial charge < -0.3 is 5.32 Å². The smallest absolute Gasteiger partial charge is 0.171 e. The number of hydrogen-bond acceptors (Lipinski definition) is 5. The van der Waals surface area contributed by atoms with Crippen molar-refractivity contribution in [1.82, 2.24) is 30.4 Å². The molecule has 0 radical (unpaired) electrons. The highest BCUT2D eigenvalue weighted by atomic mass is 15.6. The highest BCUT2D eigenvalue weighted by molar-refractivity contribution is 4.69. The molecule has 6 heteroatoms. The number of tetrazole rings is 1. The van der Waals surface area contributed by atoms with Gasteiger partial charge in [0.05, 0.1) is 6.54 Å². The molecule has 1 N–H and O–H groups in total. The van der Waals surface area contributed by atoms with Gasteiger partial charge in [-0.15, -0.1) is 10.2 Å². The Morgan fingerprint density at radius 1 is 1.29 bits per heavy atom. The Bertz CT molecular complexity index is 277. The van der Waals surface area contributed by atoms with E-state index in [1.54, 1.807) is 4.80 Å². The minimum Gasteiger partial charge on any atom is -0.314 e. The molecule has 0 unspecified atom stereocenters. The number of nitrogens with one attached hydrogen (secondary N) is 1. The van der Waals surface area contributed by atoms with E-state index in [1.807, 2.05) is 6.92 Å². The Morgan fingerprint density at radius 3 is 2.71 bits per heavy atom. The summed E-state index contributed by atoms with van der Waals surface area (Å²) in [7, 11) is 0. The summed E-state index contributed by atoms with van der Waals surface area (Å²) in [5.74, 6) is 0.741. The summed E-state index contributed by atoms with van der Waals surface area (Å²) in [6.07, 6.45) is 0. The van der Waals surface area contributed by atoms with Crippen molar-refractivity contribution in [2.24, 2.45) is 0 Å². The standard InChI is InChI=1S/C8H16N6/c1-8-10-12-14(11-8)7-6-13-4-2-9-3-5-13/h9H,2-7H2,1H3. The van der Waals surface area contributed by atoms with Crippen LogP contribution in [0, 0.1) is 6.92 Å². The molecule has 78 valence electrons. The molecule has 0 bridgehead atoms. The average molecular weight is 196 g/mol. The van der Waals surface area contributed by atoms with Crippen molar-refractivity contribution in [3.63, 3.8) is 0 Å². The van der Waals surface area contributed by atoms with Crippen LogP contribution in [0.2, 0.25) is 0 Å². The van der Waals surface area contributed by atoms with Gasteiger partial charge in [-0.2, -0.15) is 4.80 Å². The molecule has 1 saturated heterocycles. The molecule has 0 amide bonds. The van der Waals surface area contributed by atoms with E-state index in [4.69, 9.17) is 0 Å². The lowest BCUT2D eigenvalue weighted by atomic mass is 10.3. The van der Waals surface area contributed by atoms with E-state index in [-0.39, 0.29) is 0 Å². The lowest BCUT2D eigenvalue weighted by Crippen LogP contribution is -2.44. The monoisotopic (exact) mass is 196 g/mol. The zero-order valence-corrected chi connectivity index (χ0v) is 8.48. The van der Waals surface area contributed by atoms with Crippen LogP contribution in [-0.4, -0.2) is 57.8 Å². The number of aromatic nitrogens is 4. The maximum absolute atomic E-state index is 4.15. The third-order valence-electron chi connectivity index (χ3n) is 2.38. The first-order valence-corrected chi connectivity index (χ1v) is 5.02. The van der Waals surface area contributed by atoms with Crippen molar-refractivity contribution >= 4 is 0 Å². The molecule has 1 aliphatic rings. The van der Waals surface area contributed by atoms with Gasteiger partial charge in [0.2, 0.25) is 0 Å². The van der Waals surface area contributed by atoms with Crippen LogP contribution in [0.4, 0.5) is 0 Å². The van der Waals surface area contributed by atoms with Crippen molar-refractivity contribution in [2.45, 2.75) is 13.5 Å². The second kappa shape index (κ2) is 4.47. The molecule has 0 aromatic carbocycles. The van der Waals surface area contributed by atoms with Crippen molar-refractivity contribution in [2.75, 3.05) is 32.7 Å². The van der Waals surface area contributed by atoms with Gasteiger partial charge in [-0.1, -0.05) is 0 Å². The van der Waals surface area contributed by atoms with E-state index in [0.717, 1.165) is 45.1 Å². The molecule has 0 spiro atoms. The predicted octanol–water partition coefficient (Wildman–Crippen LogP) is -1.11. The quantitative estimate of drug-likeness (QED) is 0.664. The number of piperazine rings is 1. The van der Waals surface area contributed by atoms with Crippen LogP contribution >= 0.6 is 0 Å². The summed E-state index contributed by atoms with van der Waals surface area (Å²) in [5, 5.41) is 15.2. The molecular weight excluding hydrogens is 180 g/mol. The molecule has 1 aromatic rings. The second-order valence-corrected chi connectivity index (χ2v) is 3.52. The van der Waals surface area contributed by atoms with Crippen LogP contribution in [0.3, 0.4) is 0 Å². The summed E-state index contributed by atoms with van der Waals surface area (Å²) in [5.41, 5.74) is 0. The van der Waals surface area contributed by atoms with Crippen LogP contribution in [0.1, 0.15) is 5.82 Å². The Hall–Kier alpha value is -1.01. The molecule has 0 atom stereocenters. The van der Waals surface area contributed by atoms with Crippen molar-refractivity contribution in [3.05, 3.63) is 5.82 Å². The van der Waals surface area contributed by atoms with E-state index >= 15 is 0 Å². The molecule has 1 aliphatic heterocycles. The summed E-state index contributed by atoms with van der Waals surface area (Å²) in [6, 6.07) is 0. The Balaban J connectivity index is 1.76. The van der Waals surface area contributed by atoms with Gasteiger partial charge in [-0.3, -0.25) is 4.90 Å². The highest BCUT2D eigenvalue weighted by Crippen LogP contribution is 1.92. The fraction of sp³-hybridized carbons (Fsp3) is 0.875. The molecule has 1 aromatic heterocycles. The Morgan fingerprint density at radius 2 is 2.07 bits per heavy atom. The zero-order chi connectivity index (χ0) is 9.80. The molecule has 2 rings (SSSR count). The van der Waals surface area contributed by atoms with Crippen LogP contribution in [-0.2, 0) is 6.54 Å². The van der Waals surface area contributed by atoms with Crippen LogP contribution in [0.25, 0.3) is 0 Å². The molecule has 1 fully saturated rings. The number of hydrogen-bond donors (Lipinski definition) is 1. The van der Waals surface area contributed by atoms with E-state index in [1.165, 1.54) is 0 Å². The van der Waals surface area contributed by atoms with Gasteiger partial charge in [-0.25, -0.2) is 0 Å². The predicted molar refractivity (Wildman–Crippen MR) is 51.9 cm³/mol. The van der Waals surface area contributed by atoms with Gasteiger partial charge in [0.15, 0.2) is 5.82 Å². The SMILES string of the molecule is Cc1nnn(CCN2CCNCC2)n1. The largest absolute Gasteiger partial charge is 0.314 e. The fourth-order valence-electron chi connectivity index (χ4n) is 1.58. The second-order valence-electron chi connectivity index (χ2n) is 3.52. The van der Waals surface area contributed by atoms with Gasteiger partial charge in [0, 0.05) is 32.7 Å². The topological polar surface area (TPSA) is 58.9 Å². The van der Waals surface area contributed by atoms with Gasteiger partial charge in [-0.05, 0) is 12.1 Å².